The number of carboxylic acid groups (broad SMARTS) is 1. The van der Waals surface area contributed by atoms with Crippen LogP contribution in [0.25, 0.3) is 11.0 Å². The standard InChI is InChI=1S/C19H32O3S.C8H7N3O2/c1-3-4-5-6-7-8-9-10-11-12-15-18-16-13-14-17-19(18)23(20,21)22-2;12-8(13)11-7-9-5-3-1-2-4-6(5)10-7/h13-14,16-17H,3-12,15H2,1-2H3;1-4H,(H,12,13)(H2,9,10,11). The van der Waals surface area contributed by atoms with Crippen molar-refractivity contribution in [3.05, 3.63) is 54.1 Å². The van der Waals surface area contributed by atoms with Gasteiger partial charge in [0, 0.05) is 0 Å². The highest BCUT2D eigenvalue weighted by Crippen LogP contribution is 2.20. The lowest BCUT2D eigenvalue weighted by atomic mass is 10.0. The van der Waals surface area contributed by atoms with E-state index in [1.165, 1.54) is 58.5 Å². The maximum absolute atomic E-state index is 11.9. The van der Waals surface area contributed by atoms with Crippen LogP contribution in [0.4, 0.5) is 10.7 Å². The Hall–Kier alpha value is -2.91. The van der Waals surface area contributed by atoms with Gasteiger partial charge < -0.3 is 10.1 Å². The van der Waals surface area contributed by atoms with Gasteiger partial charge in [-0.15, -0.1) is 0 Å². The van der Waals surface area contributed by atoms with Crippen LogP contribution < -0.4 is 5.32 Å². The third kappa shape index (κ3) is 10.4. The maximum Gasteiger partial charge on any atom is 0.411 e. The zero-order chi connectivity index (χ0) is 26.2. The van der Waals surface area contributed by atoms with Gasteiger partial charge in [0.2, 0.25) is 5.95 Å². The Morgan fingerprint density at radius 3 is 2.11 bits per heavy atom. The van der Waals surface area contributed by atoms with Crippen molar-refractivity contribution in [3.63, 3.8) is 0 Å². The summed E-state index contributed by atoms with van der Waals surface area (Å²) < 4.78 is 28.4. The predicted octanol–water partition coefficient (Wildman–Crippen LogP) is 7.14. The number of nitrogens with one attached hydrogen (secondary N) is 2. The lowest BCUT2D eigenvalue weighted by molar-refractivity contribution is 0.209. The van der Waals surface area contributed by atoms with Crippen LogP contribution in [-0.4, -0.2) is 36.7 Å². The third-order valence-corrected chi connectivity index (χ3v) is 7.25. The summed E-state index contributed by atoms with van der Waals surface area (Å²) in [7, 11) is -2.38. The average Bonchev–Trinajstić information content (AvgIpc) is 3.27. The predicted molar refractivity (Wildman–Crippen MR) is 144 cm³/mol. The molecule has 2 aromatic carbocycles. The number of para-hydroxylation sites is 2. The Labute approximate surface area is 214 Å². The van der Waals surface area contributed by atoms with E-state index in [-0.39, 0.29) is 5.95 Å². The molecule has 3 N–H and O–H groups in total. The number of H-pyrrole nitrogens is 1. The number of aromatic amines is 1. The number of amides is 1. The molecule has 1 aromatic heterocycles. The lowest BCUT2D eigenvalue weighted by Crippen LogP contribution is -2.08. The van der Waals surface area contributed by atoms with E-state index in [9.17, 15) is 13.2 Å². The number of hydrogen-bond donors (Lipinski definition) is 3. The Morgan fingerprint density at radius 1 is 0.917 bits per heavy atom. The maximum atomic E-state index is 11.9. The number of imidazole rings is 1. The van der Waals surface area contributed by atoms with Gasteiger partial charge >= 0.3 is 6.09 Å². The van der Waals surface area contributed by atoms with Crippen LogP contribution in [0.15, 0.2) is 53.4 Å². The van der Waals surface area contributed by atoms with Crippen molar-refractivity contribution in [1.82, 2.24) is 9.97 Å². The van der Waals surface area contributed by atoms with E-state index in [0.29, 0.717) is 4.90 Å². The third-order valence-electron chi connectivity index (χ3n) is 5.88. The smallest absolute Gasteiger partial charge is 0.411 e. The molecule has 0 unspecified atom stereocenters. The van der Waals surface area contributed by atoms with Crippen LogP contribution in [0.3, 0.4) is 0 Å². The number of unbranched alkanes of at least 4 members (excludes halogenated alkanes) is 9. The van der Waals surface area contributed by atoms with Gasteiger partial charge in [-0.3, -0.25) is 9.50 Å². The fourth-order valence-corrected chi connectivity index (χ4v) is 4.88. The zero-order valence-electron chi connectivity index (χ0n) is 21.3. The van der Waals surface area contributed by atoms with Crippen molar-refractivity contribution in [2.24, 2.45) is 0 Å². The van der Waals surface area contributed by atoms with Crippen LogP contribution in [0.1, 0.15) is 76.7 Å². The summed E-state index contributed by atoms with van der Waals surface area (Å²) in [4.78, 5) is 17.4. The largest absolute Gasteiger partial charge is 0.465 e. The van der Waals surface area contributed by atoms with Crippen molar-refractivity contribution < 1.29 is 22.5 Å². The number of hydrogen-bond acceptors (Lipinski definition) is 5. The van der Waals surface area contributed by atoms with Crippen LogP contribution in [0.2, 0.25) is 0 Å². The average molecular weight is 518 g/mol. The van der Waals surface area contributed by atoms with E-state index < -0.39 is 16.2 Å². The Balaban J connectivity index is 0.000000293. The number of aryl methyl sites for hydroxylation is 1. The number of nitrogens with zero attached hydrogens (tertiary/aromatic N) is 1. The van der Waals surface area contributed by atoms with Crippen LogP contribution in [0, 0.1) is 0 Å². The zero-order valence-corrected chi connectivity index (χ0v) is 22.1. The number of benzene rings is 2. The fraction of sp³-hybridized carbons (Fsp3) is 0.481. The van der Waals surface area contributed by atoms with E-state index in [2.05, 4.69) is 26.4 Å². The second-order valence-electron chi connectivity index (χ2n) is 8.69. The molecule has 0 fully saturated rings. The lowest BCUT2D eigenvalue weighted by Gasteiger charge is -2.08. The molecule has 0 saturated heterocycles. The Morgan fingerprint density at radius 2 is 1.50 bits per heavy atom. The van der Waals surface area contributed by atoms with Gasteiger partial charge in [0.05, 0.1) is 23.0 Å². The second-order valence-corrected chi connectivity index (χ2v) is 10.4. The quantitative estimate of drug-likeness (QED) is 0.154. The first-order valence-electron chi connectivity index (χ1n) is 12.7. The highest BCUT2D eigenvalue weighted by atomic mass is 32.2. The molecule has 0 saturated carbocycles. The van der Waals surface area contributed by atoms with E-state index in [1.54, 1.807) is 18.2 Å². The van der Waals surface area contributed by atoms with Crippen molar-refractivity contribution in [1.29, 1.82) is 0 Å². The summed E-state index contributed by atoms with van der Waals surface area (Å²) in [6.45, 7) is 2.25. The first-order valence-corrected chi connectivity index (χ1v) is 14.1. The first-order chi connectivity index (χ1) is 17.4. The number of fused-ring (bicyclic) bond motifs is 1. The highest BCUT2D eigenvalue weighted by Gasteiger charge is 2.16. The summed E-state index contributed by atoms with van der Waals surface area (Å²) >= 11 is 0. The van der Waals surface area contributed by atoms with Crippen molar-refractivity contribution in [2.45, 2.75) is 82.4 Å². The van der Waals surface area contributed by atoms with Gasteiger partial charge in [0.1, 0.15) is 0 Å². The van der Waals surface area contributed by atoms with E-state index in [4.69, 9.17) is 5.11 Å². The summed E-state index contributed by atoms with van der Waals surface area (Å²) in [6.07, 6.45) is 12.5. The molecule has 36 heavy (non-hydrogen) atoms. The SMILES string of the molecule is CCCCCCCCCCCCc1ccccc1S(=O)(=O)OC.O=C(O)Nc1nc2ccccc2[nH]1. The summed E-state index contributed by atoms with van der Waals surface area (Å²) in [5, 5.41) is 10.6. The normalized spacial score (nSPS) is 11.2. The summed E-state index contributed by atoms with van der Waals surface area (Å²) in [5.74, 6) is 0.244. The molecule has 198 valence electrons. The molecular formula is C27H39N3O5S. The van der Waals surface area contributed by atoms with E-state index >= 15 is 0 Å². The van der Waals surface area contributed by atoms with Crippen molar-refractivity contribution >= 4 is 33.2 Å². The number of rotatable bonds is 14. The molecule has 3 rings (SSSR count). The molecule has 1 amide bonds. The van der Waals surface area contributed by atoms with Gasteiger partial charge in [0.15, 0.2) is 0 Å². The van der Waals surface area contributed by atoms with E-state index in [1.807, 2.05) is 30.3 Å². The van der Waals surface area contributed by atoms with Gasteiger partial charge in [0.25, 0.3) is 10.1 Å². The van der Waals surface area contributed by atoms with Crippen molar-refractivity contribution in [2.75, 3.05) is 12.4 Å². The van der Waals surface area contributed by atoms with Crippen molar-refractivity contribution in [3.8, 4) is 0 Å². The van der Waals surface area contributed by atoms with Gasteiger partial charge in [-0.05, 0) is 36.6 Å². The molecule has 0 aliphatic heterocycles. The van der Waals surface area contributed by atoms with Gasteiger partial charge in [-0.25, -0.2) is 9.78 Å². The van der Waals surface area contributed by atoms with Gasteiger partial charge in [-0.2, -0.15) is 8.42 Å². The highest BCUT2D eigenvalue weighted by molar-refractivity contribution is 7.86. The first kappa shape index (κ1) is 29.3. The number of aromatic nitrogens is 2. The molecule has 3 aromatic rings. The molecule has 0 spiro atoms. The van der Waals surface area contributed by atoms with Crippen LogP contribution >= 0.6 is 0 Å². The van der Waals surface area contributed by atoms with Gasteiger partial charge in [-0.1, -0.05) is 95.0 Å². The molecule has 8 nitrogen and oxygen atoms in total. The summed E-state index contributed by atoms with van der Waals surface area (Å²) in [6, 6.07) is 14.5. The number of carbonyl (C=O) groups is 1. The Kier molecular flexibility index (Phi) is 13.0. The number of anilines is 1. The minimum Gasteiger partial charge on any atom is -0.465 e. The molecule has 0 atom stereocenters. The van der Waals surface area contributed by atoms with Crippen LogP contribution in [0.5, 0.6) is 0 Å². The molecule has 0 bridgehead atoms. The molecule has 0 radical (unpaired) electrons. The Bertz CT molecular complexity index is 1130. The van der Waals surface area contributed by atoms with E-state index in [0.717, 1.165) is 35.9 Å². The minimum atomic E-state index is -3.59. The summed E-state index contributed by atoms with van der Waals surface area (Å²) in [5.41, 5.74) is 2.42. The van der Waals surface area contributed by atoms with Crippen LogP contribution in [-0.2, 0) is 20.7 Å². The molecule has 1 heterocycles. The minimum absolute atomic E-state index is 0.244. The fourth-order valence-electron chi connectivity index (χ4n) is 3.96. The topological polar surface area (TPSA) is 121 Å². The second kappa shape index (κ2) is 16.0. The molecule has 9 heteroatoms. The monoisotopic (exact) mass is 517 g/mol. The molecular weight excluding hydrogens is 478 g/mol. The molecule has 0 aliphatic carbocycles. The molecule has 0 aliphatic rings.